The van der Waals surface area contributed by atoms with Crippen molar-refractivity contribution in [2.24, 2.45) is 5.73 Å². The number of halogens is 1. The predicted molar refractivity (Wildman–Crippen MR) is 62.6 cm³/mol. The highest BCUT2D eigenvalue weighted by Gasteiger charge is 1.98. The van der Waals surface area contributed by atoms with Crippen LogP contribution in [0.2, 0.25) is 0 Å². The summed E-state index contributed by atoms with van der Waals surface area (Å²) in [5.74, 6) is 0.739. The summed E-state index contributed by atoms with van der Waals surface area (Å²) in [6.45, 7) is 0.481. The van der Waals surface area contributed by atoms with E-state index in [1.165, 1.54) is 0 Å². The third-order valence-electron chi connectivity index (χ3n) is 1.97. The molecule has 0 bridgehead atoms. The van der Waals surface area contributed by atoms with Gasteiger partial charge in [-0.25, -0.2) is 9.97 Å². The van der Waals surface area contributed by atoms with Gasteiger partial charge in [0, 0.05) is 30.1 Å². The molecule has 2 aromatic rings. The second-order valence-electron chi connectivity index (χ2n) is 2.99. The van der Waals surface area contributed by atoms with E-state index < -0.39 is 0 Å². The van der Waals surface area contributed by atoms with E-state index in [2.05, 4.69) is 9.97 Å². The zero-order valence-corrected chi connectivity index (χ0v) is 8.95. The Hall–Kier alpha value is -1.45. The number of nitrogens with zero attached hydrogens (tertiary/aromatic N) is 2. The van der Waals surface area contributed by atoms with Gasteiger partial charge in [0.15, 0.2) is 5.82 Å². The van der Waals surface area contributed by atoms with Gasteiger partial charge in [-0.3, -0.25) is 0 Å². The lowest BCUT2D eigenvalue weighted by molar-refractivity contribution is 1.01. The van der Waals surface area contributed by atoms with E-state index in [1.54, 1.807) is 12.4 Å². The smallest absolute Gasteiger partial charge is 0.159 e. The van der Waals surface area contributed by atoms with E-state index in [0.717, 1.165) is 17.0 Å². The van der Waals surface area contributed by atoms with Gasteiger partial charge in [-0.2, -0.15) is 0 Å². The Balaban J connectivity index is 0.00000112. The standard InChI is InChI=1S/C11H11N3.ClH/c12-6-9-7-13-11(14-8-9)10-4-2-1-3-5-10;/h1-5,7-8H,6,12H2;1H. The number of aromatic nitrogens is 2. The Morgan fingerprint density at radius 3 is 2.13 bits per heavy atom. The summed E-state index contributed by atoms with van der Waals surface area (Å²) in [7, 11) is 0. The zero-order chi connectivity index (χ0) is 9.80. The Kier molecular flexibility index (Phi) is 4.21. The van der Waals surface area contributed by atoms with Crippen molar-refractivity contribution in [3.05, 3.63) is 48.3 Å². The molecular formula is C11H12ClN3. The van der Waals surface area contributed by atoms with Crippen molar-refractivity contribution in [3.63, 3.8) is 0 Å². The van der Waals surface area contributed by atoms with Crippen molar-refractivity contribution < 1.29 is 0 Å². The molecule has 78 valence electrons. The molecule has 2 N–H and O–H groups in total. The van der Waals surface area contributed by atoms with Crippen LogP contribution in [0.4, 0.5) is 0 Å². The molecule has 0 aliphatic carbocycles. The predicted octanol–water partition coefficient (Wildman–Crippen LogP) is 2.02. The van der Waals surface area contributed by atoms with Gasteiger partial charge in [-0.1, -0.05) is 30.3 Å². The molecule has 0 aliphatic heterocycles. The van der Waals surface area contributed by atoms with Gasteiger partial charge in [-0.05, 0) is 0 Å². The van der Waals surface area contributed by atoms with Gasteiger partial charge >= 0.3 is 0 Å². The summed E-state index contributed by atoms with van der Waals surface area (Å²) >= 11 is 0. The van der Waals surface area contributed by atoms with Crippen LogP contribution in [0.25, 0.3) is 11.4 Å². The Morgan fingerprint density at radius 1 is 1.00 bits per heavy atom. The fraction of sp³-hybridized carbons (Fsp3) is 0.0909. The fourth-order valence-corrected chi connectivity index (χ4v) is 1.20. The Morgan fingerprint density at radius 2 is 1.60 bits per heavy atom. The Labute approximate surface area is 94.8 Å². The van der Waals surface area contributed by atoms with Gasteiger partial charge in [0.2, 0.25) is 0 Å². The lowest BCUT2D eigenvalue weighted by atomic mass is 10.2. The first-order chi connectivity index (χ1) is 6.90. The molecule has 0 radical (unpaired) electrons. The molecule has 1 aromatic heterocycles. The van der Waals surface area contributed by atoms with Crippen molar-refractivity contribution in [3.8, 4) is 11.4 Å². The van der Waals surface area contributed by atoms with Crippen molar-refractivity contribution in [2.45, 2.75) is 6.54 Å². The van der Waals surface area contributed by atoms with Crippen LogP contribution in [0.5, 0.6) is 0 Å². The van der Waals surface area contributed by atoms with Crippen LogP contribution in [0.3, 0.4) is 0 Å². The van der Waals surface area contributed by atoms with Crippen LogP contribution in [-0.4, -0.2) is 9.97 Å². The van der Waals surface area contributed by atoms with Gasteiger partial charge in [0.05, 0.1) is 0 Å². The molecule has 0 saturated carbocycles. The average molecular weight is 222 g/mol. The molecular weight excluding hydrogens is 210 g/mol. The molecule has 4 heteroatoms. The molecule has 0 spiro atoms. The topological polar surface area (TPSA) is 51.8 Å². The SMILES string of the molecule is Cl.NCc1cnc(-c2ccccc2)nc1. The van der Waals surface area contributed by atoms with Gasteiger partial charge < -0.3 is 5.73 Å². The highest BCUT2D eigenvalue weighted by atomic mass is 35.5. The fourth-order valence-electron chi connectivity index (χ4n) is 1.20. The first-order valence-electron chi connectivity index (χ1n) is 4.46. The highest BCUT2D eigenvalue weighted by Crippen LogP contribution is 2.12. The van der Waals surface area contributed by atoms with Gasteiger partial charge in [0.25, 0.3) is 0 Å². The molecule has 3 nitrogen and oxygen atoms in total. The second kappa shape index (κ2) is 5.44. The number of hydrogen-bond acceptors (Lipinski definition) is 3. The first kappa shape index (κ1) is 11.6. The summed E-state index contributed by atoms with van der Waals surface area (Å²) in [6, 6.07) is 9.87. The van der Waals surface area contributed by atoms with Crippen molar-refractivity contribution in [1.29, 1.82) is 0 Å². The van der Waals surface area contributed by atoms with E-state index in [9.17, 15) is 0 Å². The number of rotatable bonds is 2. The molecule has 0 atom stereocenters. The van der Waals surface area contributed by atoms with Crippen molar-refractivity contribution in [1.82, 2.24) is 9.97 Å². The molecule has 0 saturated heterocycles. The molecule has 0 fully saturated rings. The van der Waals surface area contributed by atoms with E-state index >= 15 is 0 Å². The number of hydrogen-bond donors (Lipinski definition) is 1. The molecule has 1 aromatic carbocycles. The number of nitrogens with two attached hydrogens (primary N) is 1. The molecule has 15 heavy (non-hydrogen) atoms. The molecule has 0 aliphatic rings. The minimum Gasteiger partial charge on any atom is -0.326 e. The van der Waals surface area contributed by atoms with Gasteiger partial charge in [-0.15, -0.1) is 12.4 Å². The van der Waals surface area contributed by atoms with Crippen LogP contribution >= 0.6 is 12.4 Å². The minimum absolute atomic E-state index is 0. The third kappa shape index (κ3) is 2.75. The van der Waals surface area contributed by atoms with Crippen LogP contribution < -0.4 is 5.73 Å². The van der Waals surface area contributed by atoms with Gasteiger partial charge in [0.1, 0.15) is 0 Å². The van der Waals surface area contributed by atoms with Crippen molar-refractivity contribution in [2.75, 3.05) is 0 Å². The van der Waals surface area contributed by atoms with E-state index in [4.69, 9.17) is 5.73 Å². The van der Waals surface area contributed by atoms with E-state index in [-0.39, 0.29) is 12.4 Å². The quantitative estimate of drug-likeness (QED) is 0.844. The minimum atomic E-state index is 0. The zero-order valence-electron chi connectivity index (χ0n) is 8.13. The van der Waals surface area contributed by atoms with Crippen molar-refractivity contribution >= 4 is 12.4 Å². The molecule has 0 amide bonds. The maximum atomic E-state index is 5.46. The van der Waals surface area contributed by atoms with Crippen LogP contribution in [0, 0.1) is 0 Å². The maximum Gasteiger partial charge on any atom is 0.159 e. The van der Waals surface area contributed by atoms with E-state index in [1.807, 2.05) is 30.3 Å². The molecule has 1 heterocycles. The normalized spacial score (nSPS) is 9.40. The summed E-state index contributed by atoms with van der Waals surface area (Å²) < 4.78 is 0. The lowest BCUT2D eigenvalue weighted by Gasteiger charge is -1.99. The number of benzene rings is 1. The van der Waals surface area contributed by atoms with Crippen LogP contribution in [0.15, 0.2) is 42.7 Å². The third-order valence-corrected chi connectivity index (χ3v) is 1.97. The lowest BCUT2D eigenvalue weighted by Crippen LogP contribution is -1.98. The monoisotopic (exact) mass is 221 g/mol. The van der Waals surface area contributed by atoms with Crippen LogP contribution in [0.1, 0.15) is 5.56 Å². The van der Waals surface area contributed by atoms with E-state index in [0.29, 0.717) is 6.54 Å². The Bertz CT molecular complexity index is 400. The van der Waals surface area contributed by atoms with Crippen LogP contribution in [-0.2, 0) is 6.54 Å². The molecule has 2 rings (SSSR count). The summed E-state index contributed by atoms with van der Waals surface area (Å²) in [6.07, 6.45) is 3.52. The average Bonchev–Trinajstić information content (AvgIpc) is 2.30. The summed E-state index contributed by atoms with van der Waals surface area (Å²) in [5, 5.41) is 0. The summed E-state index contributed by atoms with van der Waals surface area (Å²) in [5.41, 5.74) is 7.43. The largest absolute Gasteiger partial charge is 0.326 e. The summed E-state index contributed by atoms with van der Waals surface area (Å²) in [4.78, 5) is 8.46. The highest BCUT2D eigenvalue weighted by molar-refractivity contribution is 5.85. The molecule has 0 unspecified atom stereocenters. The second-order valence-corrected chi connectivity index (χ2v) is 2.99. The maximum absolute atomic E-state index is 5.46. The first-order valence-corrected chi connectivity index (χ1v) is 4.46.